The Morgan fingerprint density at radius 3 is 2.44 bits per heavy atom. The zero-order valence-electron chi connectivity index (χ0n) is 10.8. The van der Waals surface area contributed by atoms with Crippen molar-refractivity contribution in [3.63, 3.8) is 0 Å². The molecule has 1 nitrogen and oxygen atoms in total. The molecule has 92 valence electrons. The second-order valence-corrected chi connectivity index (χ2v) is 5.41. The third kappa shape index (κ3) is 2.39. The number of carbonyl (C=O) groups is 1. The number of benzene rings is 2. The van der Waals surface area contributed by atoms with Crippen molar-refractivity contribution in [3.05, 3.63) is 68.7 Å². The first-order chi connectivity index (χ1) is 8.50. The summed E-state index contributed by atoms with van der Waals surface area (Å²) < 4.78 is 0.971. The van der Waals surface area contributed by atoms with Gasteiger partial charge in [-0.05, 0) is 44.0 Å². The minimum atomic E-state index is 0.0926. The highest BCUT2D eigenvalue weighted by molar-refractivity contribution is 9.10. The van der Waals surface area contributed by atoms with Gasteiger partial charge in [0.15, 0.2) is 5.78 Å². The van der Waals surface area contributed by atoms with Crippen LogP contribution in [0.25, 0.3) is 0 Å². The van der Waals surface area contributed by atoms with E-state index in [2.05, 4.69) is 15.9 Å². The molecule has 0 fully saturated rings. The molecule has 0 spiro atoms. The van der Waals surface area contributed by atoms with Gasteiger partial charge in [-0.15, -0.1) is 0 Å². The zero-order chi connectivity index (χ0) is 13.3. The van der Waals surface area contributed by atoms with Crippen LogP contribution in [-0.4, -0.2) is 5.78 Å². The first-order valence-corrected chi connectivity index (χ1v) is 6.67. The molecule has 0 amide bonds. The van der Waals surface area contributed by atoms with Gasteiger partial charge in [0.25, 0.3) is 0 Å². The van der Waals surface area contributed by atoms with Crippen LogP contribution in [0.4, 0.5) is 0 Å². The van der Waals surface area contributed by atoms with E-state index in [0.717, 1.165) is 32.3 Å². The standard InChI is InChI=1S/C16H15BrO/c1-10-7-8-11(2)14(9-10)16(18)13-5-4-6-15(17)12(13)3/h4-9H,1-3H3. The van der Waals surface area contributed by atoms with Crippen molar-refractivity contribution in [2.45, 2.75) is 20.8 Å². The van der Waals surface area contributed by atoms with Crippen molar-refractivity contribution >= 4 is 21.7 Å². The molecular weight excluding hydrogens is 288 g/mol. The SMILES string of the molecule is Cc1ccc(C)c(C(=O)c2cccc(Br)c2C)c1. The zero-order valence-corrected chi connectivity index (χ0v) is 12.3. The summed E-state index contributed by atoms with van der Waals surface area (Å²) >= 11 is 3.47. The fourth-order valence-electron chi connectivity index (χ4n) is 1.98. The summed E-state index contributed by atoms with van der Waals surface area (Å²) in [6, 6.07) is 11.7. The molecular formula is C16H15BrO. The minimum Gasteiger partial charge on any atom is -0.289 e. The summed E-state index contributed by atoms with van der Waals surface area (Å²) in [5.74, 6) is 0.0926. The van der Waals surface area contributed by atoms with E-state index in [1.165, 1.54) is 0 Å². The van der Waals surface area contributed by atoms with Crippen LogP contribution in [0.3, 0.4) is 0 Å². The van der Waals surface area contributed by atoms with Gasteiger partial charge >= 0.3 is 0 Å². The Bertz CT molecular complexity index is 610. The average Bonchev–Trinajstić information content (AvgIpc) is 2.35. The lowest BCUT2D eigenvalue weighted by Crippen LogP contribution is -2.06. The van der Waals surface area contributed by atoms with E-state index in [1.807, 2.05) is 57.2 Å². The average molecular weight is 303 g/mol. The lowest BCUT2D eigenvalue weighted by atomic mass is 9.95. The van der Waals surface area contributed by atoms with E-state index >= 15 is 0 Å². The molecule has 0 unspecified atom stereocenters. The predicted octanol–water partition coefficient (Wildman–Crippen LogP) is 4.61. The van der Waals surface area contributed by atoms with Crippen molar-refractivity contribution < 1.29 is 4.79 Å². The molecule has 0 saturated carbocycles. The van der Waals surface area contributed by atoms with Gasteiger partial charge in [0, 0.05) is 15.6 Å². The van der Waals surface area contributed by atoms with Gasteiger partial charge in [-0.25, -0.2) is 0 Å². The fourth-order valence-corrected chi connectivity index (χ4v) is 2.35. The monoisotopic (exact) mass is 302 g/mol. The number of carbonyl (C=O) groups excluding carboxylic acids is 1. The summed E-state index contributed by atoms with van der Waals surface area (Å²) in [4.78, 5) is 12.6. The van der Waals surface area contributed by atoms with Crippen molar-refractivity contribution in [1.82, 2.24) is 0 Å². The summed E-state index contributed by atoms with van der Waals surface area (Å²) in [6.07, 6.45) is 0. The lowest BCUT2D eigenvalue weighted by Gasteiger charge is -2.09. The molecule has 0 aliphatic carbocycles. The molecule has 18 heavy (non-hydrogen) atoms. The molecule has 0 N–H and O–H groups in total. The van der Waals surface area contributed by atoms with Gasteiger partial charge in [0.2, 0.25) is 0 Å². The fraction of sp³-hybridized carbons (Fsp3) is 0.188. The highest BCUT2D eigenvalue weighted by Gasteiger charge is 2.15. The molecule has 0 aliphatic rings. The third-order valence-electron chi connectivity index (χ3n) is 3.15. The van der Waals surface area contributed by atoms with Gasteiger partial charge in [-0.1, -0.05) is 45.8 Å². The molecule has 0 radical (unpaired) electrons. The van der Waals surface area contributed by atoms with Crippen molar-refractivity contribution in [1.29, 1.82) is 0 Å². The Hall–Kier alpha value is -1.41. The van der Waals surface area contributed by atoms with Crippen LogP contribution < -0.4 is 0 Å². The Balaban J connectivity index is 2.55. The maximum atomic E-state index is 12.6. The number of hydrogen-bond donors (Lipinski definition) is 0. The number of halogens is 1. The predicted molar refractivity (Wildman–Crippen MR) is 78.2 cm³/mol. The second-order valence-electron chi connectivity index (χ2n) is 4.56. The van der Waals surface area contributed by atoms with Gasteiger partial charge < -0.3 is 0 Å². The lowest BCUT2D eigenvalue weighted by molar-refractivity contribution is 0.103. The smallest absolute Gasteiger partial charge is 0.193 e. The van der Waals surface area contributed by atoms with Crippen molar-refractivity contribution in [2.75, 3.05) is 0 Å². The molecule has 2 aromatic rings. The van der Waals surface area contributed by atoms with Gasteiger partial charge in [-0.2, -0.15) is 0 Å². The summed E-state index contributed by atoms with van der Waals surface area (Å²) in [5.41, 5.74) is 4.67. The van der Waals surface area contributed by atoms with Crippen LogP contribution in [0.15, 0.2) is 40.9 Å². The highest BCUT2D eigenvalue weighted by atomic mass is 79.9. The second kappa shape index (κ2) is 5.07. The topological polar surface area (TPSA) is 17.1 Å². The van der Waals surface area contributed by atoms with E-state index in [-0.39, 0.29) is 5.78 Å². The third-order valence-corrected chi connectivity index (χ3v) is 4.01. The minimum absolute atomic E-state index is 0.0926. The van der Waals surface area contributed by atoms with E-state index < -0.39 is 0 Å². The Morgan fingerprint density at radius 1 is 1.00 bits per heavy atom. The molecule has 0 aromatic heterocycles. The van der Waals surface area contributed by atoms with Gasteiger partial charge in [0.05, 0.1) is 0 Å². The van der Waals surface area contributed by atoms with Crippen LogP contribution in [0.1, 0.15) is 32.6 Å². The first-order valence-electron chi connectivity index (χ1n) is 5.88. The molecule has 0 atom stereocenters. The van der Waals surface area contributed by atoms with Crippen LogP contribution in [0.2, 0.25) is 0 Å². The normalized spacial score (nSPS) is 10.4. The largest absolute Gasteiger partial charge is 0.289 e. The highest BCUT2D eigenvalue weighted by Crippen LogP contribution is 2.23. The number of hydrogen-bond acceptors (Lipinski definition) is 1. The van der Waals surface area contributed by atoms with Crippen LogP contribution in [-0.2, 0) is 0 Å². The summed E-state index contributed by atoms with van der Waals surface area (Å²) in [5, 5.41) is 0. The van der Waals surface area contributed by atoms with E-state index in [9.17, 15) is 4.79 Å². The van der Waals surface area contributed by atoms with E-state index in [0.29, 0.717) is 0 Å². The van der Waals surface area contributed by atoms with Gasteiger partial charge in [0.1, 0.15) is 0 Å². The van der Waals surface area contributed by atoms with Crippen LogP contribution in [0.5, 0.6) is 0 Å². The number of rotatable bonds is 2. The molecule has 0 heterocycles. The molecule has 2 heteroatoms. The maximum Gasteiger partial charge on any atom is 0.193 e. The molecule has 2 aromatic carbocycles. The van der Waals surface area contributed by atoms with Gasteiger partial charge in [-0.3, -0.25) is 4.79 Å². The quantitative estimate of drug-likeness (QED) is 0.741. The summed E-state index contributed by atoms with van der Waals surface area (Å²) in [6.45, 7) is 5.94. The maximum absolute atomic E-state index is 12.6. The molecule has 0 aliphatic heterocycles. The van der Waals surface area contributed by atoms with E-state index in [4.69, 9.17) is 0 Å². The number of ketones is 1. The van der Waals surface area contributed by atoms with Crippen molar-refractivity contribution in [3.8, 4) is 0 Å². The van der Waals surface area contributed by atoms with Crippen molar-refractivity contribution in [2.24, 2.45) is 0 Å². The Kier molecular flexibility index (Phi) is 3.67. The van der Waals surface area contributed by atoms with E-state index in [1.54, 1.807) is 0 Å². The molecule has 2 rings (SSSR count). The molecule has 0 saturated heterocycles. The Labute approximate surface area is 116 Å². The number of aryl methyl sites for hydroxylation is 2. The molecule has 0 bridgehead atoms. The first kappa shape index (κ1) is 13.0. The Morgan fingerprint density at radius 2 is 1.72 bits per heavy atom. The summed E-state index contributed by atoms with van der Waals surface area (Å²) in [7, 11) is 0. The van der Waals surface area contributed by atoms with Crippen LogP contribution >= 0.6 is 15.9 Å². The van der Waals surface area contributed by atoms with Crippen LogP contribution in [0, 0.1) is 20.8 Å².